The van der Waals surface area contributed by atoms with E-state index in [4.69, 9.17) is 9.47 Å². The molecule has 0 spiro atoms. The molecule has 0 aliphatic carbocycles. The number of ether oxygens (including phenoxy) is 2. The molecule has 0 saturated carbocycles. The zero-order valence-corrected chi connectivity index (χ0v) is 9.25. The number of carbonyl (C=O) groups excluding carboxylic acids is 1. The predicted octanol–water partition coefficient (Wildman–Crippen LogP) is 1.81. The minimum atomic E-state index is -0.509. The number of hydrogen-bond donors (Lipinski definition) is 1. The zero-order chi connectivity index (χ0) is 12.0. The first kappa shape index (κ1) is 12.4. The first-order valence-electron chi connectivity index (χ1n) is 4.88. The van der Waals surface area contributed by atoms with Crippen LogP contribution in [0.15, 0.2) is 18.2 Å². The Bertz CT molecular complexity index is 368. The Labute approximate surface area is 93.4 Å². The van der Waals surface area contributed by atoms with E-state index < -0.39 is 11.7 Å². The Hall–Kier alpha value is -1.62. The molecule has 0 atom stereocenters. The Morgan fingerprint density at radius 2 is 2.25 bits per heavy atom. The van der Waals surface area contributed by atoms with Crippen LogP contribution in [0.2, 0.25) is 0 Å². The summed E-state index contributed by atoms with van der Waals surface area (Å²) < 4.78 is 23.1. The number of hydrogen-bond acceptors (Lipinski definition) is 3. The highest BCUT2D eigenvalue weighted by molar-refractivity contribution is 5.92. The minimum absolute atomic E-state index is 0.0871. The van der Waals surface area contributed by atoms with Crippen molar-refractivity contribution >= 4 is 11.6 Å². The van der Waals surface area contributed by atoms with Crippen molar-refractivity contribution in [2.75, 3.05) is 25.6 Å². The highest BCUT2D eigenvalue weighted by Crippen LogP contribution is 2.20. The van der Waals surface area contributed by atoms with Gasteiger partial charge in [0.25, 0.3) is 0 Å². The number of benzene rings is 1. The summed E-state index contributed by atoms with van der Waals surface area (Å²) in [5.41, 5.74) is 0.0871. The van der Waals surface area contributed by atoms with Crippen molar-refractivity contribution in [3.63, 3.8) is 0 Å². The van der Waals surface area contributed by atoms with Gasteiger partial charge in [-0.3, -0.25) is 4.79 Å². The van der Waals surface area contributed by atoms with Crippen molar-refractivity contribution in [1.29, 1.82) is 0 Å². The van der Waals surface area contributed by atoms with E-state index in [0.29, 0.717) is 12.4 Å². The molecule has 0 aliphatic heterocycles. The van der Waals surface area contributed by atoms with E-state index in [-0.39, 0.29) is 12.3 Å². The maximum atomic E-state index is 13.3. The Morgan fingerprint density at radius 1 is 1.50 bits per heavy atom. The first-order valence-corrected chi connectivity index (χ1v) is 4.88. The third kappa shape index (κ3) is 3.51. The number of halogens is 1. The summed E-state index contributed by atoms with van der Waals surface area (Å²) >= 11 is 0. The number of amides is 1. The van der Waals surface area contributed by atoms with Crippen LogP contribution in [-0.2, 0) is 9.53 Å². The van der Waals surface area contributed by atoms with Crippen LogP contribution in [-0.4, -0.2) is 26.2 Å². The second-order valence-electron chi connectivity index (χ2n) is 3.03. The molecule has 1 rings (SSSR count). The van der Waals surface area contributed by atoms with Crippen molar-refractivity contribution in [2.24, 2.45) is 0 Å². The van der Waals surface area contributed by atoms with E-state index in [0.717, 1.165) is 0 Å². The predicted molar refractivity (Wildman–Crippen MR) is 58.1 cm³/mol. The largest absolute Gasteiger partial charge is 0.497 e. The van der Waals surface area contributed by atoms with E-state index in [1.165, 1.54) is 25.3 Å². The van der Waals surface area contributed by atoms with E-state index in [2.05, 4.69) is 5.32 Å². The number of anilines is 1. The lowest BCUT2D eigenvalue weighted by Crippen LogP contribution is -2.18. The molecule has 0 radical (unpaired) electrons. The van der Waals surface area contributed by atoms with Crippen molar-refractivity contribution in [3.05, 3.63) is 24.0 Å². The van der Waals surface area contributed by atoms with E-state index in [1.54, 1.807) is 6.92 Å². The molecular weight excluding hydrogens is 213 g/mol. The summed E-state index contributed by atoms with van der Waals surface area (Å²) in [6.07, 6.45) is 0. The monoisotopic (exact) mass is 227 g/mol. The smallest absolute Gasteiger partial charge is 0.250 e. The highest BCUT2D eigenvalue weighted by atomic mass is 19.1. The molecule has 1 N–H and O–H groups in total. The van der Waals surface area contributed by atoms with Crippen LogP contribution in [0.4, 0.5) is 10.1 Å². The second kappa shape index (κ2) is 6.07. The number of rotatable bonds is 5. The maximum Gasteiger partial charge on any atom is 0.250 e. The Kier molecular flexibility index (Phi) is 4.72. The van der Waals surface area contributed by atoms with E-state index in [1.807, 2.05) is 0 Å². The van der Waals surface area contributed by atoms with Crippen LogP contribution in [0, 0.1) is 5.82 Å². The lowest BCUT2D eigenvalue weighted by molar-refractivity contribution is -0.120. The fraction of sp³-hybridized carbons (Fsp3) is 0.364. The SMILES string of the molecule is CCOCC(=O)Nc1cc(OC)ccc1F. The molecule has 0 heterocycles. The van der Waals surface area contributed by atoms with Crippen molar-refractivity contribution in [3.8, 4) is 5.75 Å². The molecule has 0 bridgehead atoms. The summed E-state index contributed by atoms with van der Waals surface area (Å²) in [6.45, 7) is 2.13. The van der Waals surface area contributed by atoms with Crippen LogP contribution >= 0.6 is 0 Å². The number of carbonyl (C=O) groups is 1. The summed E-state index contributed by atoms with van der Waals surface area (Å²) in [5.74, 6) is -0.423. The van der Waals surface area contributed by atoms with Crippen LogP contribution in [0.1, 0.15) is 6.92 Å². The zero-order valence-electron chi connectivity index (χ0n) is 9.25. The molecule has 4 nitrogen and oxygen atoms in total. The molecule has 1 amide bonds. The van der Waals surface area contributed by atoms with Crippen LogP contribution in [0.25, 0.3) is 0 Å². The van der Waals surface area contributed by atoms with Gasteiger partial charge in [-0.1, -0.05) is 0 Å². The molecule has 0 aromatic heterocycles. The highest BCUT2D eigenvalue weighted by Gasteiger charge is 2.07. The Morgan fingerprint density at radius 3 is 2.88 bits per heavy atom. The maximum absolute atomic E-state index is 13.3. The second-order valence-corrected chi connectivity index (χ2v) is 3.03. The van der Waals surface area contributed by atoms with Gasteiger partial charge < -0.3 is 14.8 Å². The summed E-state index contributed by atoms with van der Waals surface area (Å²) in [6, 6.07) is 4.13. The van der Waals surface area contributed by atoms with Gasteiger partial charge in [-0.15, -0.1) is 0 Å². The summed E-state index contributed by atoms with van der Waals surface area (Å²) in [7, 11) is 1.47. The van der Waals surface area contributed by atoms with Gasteiger partial charge in [0.2, 0.25) is 5.91 Å². The van der Waals surface area contributed by atoms with Gasteiger partial charge >= 0.3 is 0 Å². The molecule has 0 saturated heterocycles. The molecule has 88 valence electrons. The van der Waals surface area contributed by atoms with Gasteiger partial charge in [-0.05, 0) is 19.1 Å². The van der Waals surface area contributed by atoms with Gasteiger partial charge in [-0.2, -0.15) is 0 Å². The van der Waals surface area contributed by atoms with Crippen molar-refractivity contribution in [1.82, 2.24) is 0 Å². The first-order chi connectivity index (χ1) is 7.67. The molecular formula is C11H14FNO3. The standard InChI is InChI=1S/C11H14FNO3/c1-3-16-7-11(14)13-10-6-8(15-2)4-5-9(10)12/h4-6H,3,7H2,1-2H3,(H,13,14). The minimum Gasteiger partial charge on any atom is -0.497 e. The average molecular weight is 227 g/mol. The third-order valence-corrected chi connectivity index (χ3v) is 1.88. The number of methoxy groups -OCH3 is 1. The van der Waals surface area contributed by atoms with Crippen LogP contribution < -0.4 is 10.1 Å². The van der Waals surface area contributed by atoms with Gasteiger partial charge in [0, 0.05) is 12.7 Å². The van der Waals surface area contributed by atoms with Crippen molar-refractivity contribution < 1.29 is 18.7 Å². The molecule has 5 heteroatoms. The fourth-order valence-electron chi connectivity index (χ4n) is 1.11. The van der Waals surface area contributed by atoms with Crippen LogP contribution in [0.5, 0.6) is 5.75 Å². The normalized spacial score (nSPS) is 9.94. The van der Waals surface area contributed by atoms with Crippen LogP contribution in [0.3, 0.4) is 0 Å². The van der Waals surface area contributed by atoms with E-state index >= 15 is 0 Å². The van der Waals surface area contributed by atoms with Gasteiger partial charge in [-0.25, -0.2) is 4.39 Å². The lowest BCUT2D eigenvalue weighted by atomic mass is 10.3. The molecule has 16 heavy (non-hydrogen) atoms. The van der Waals surface area contributed by atoms with Gasteiger partial charge in [0.1, 0.15) is 18.2 Å². The Balaban J connectivity index is 2.68. The lowest BCUT2D eigenvalue weighted by Gasteiger charge is -2.08. The van der Waals surface area contributed by atoms with Gasteiger partial charge in [0.05, 0.1) is 12.8 Å². The quantitative estimate of drug-likeness (QED) is 0.834. The number of nitrogens with one attached hydrogen (secondary N) is 1. The fourth-order valence-corrected chi connectivity index (χ4v) is 1.11. The molecule has 0 fully saturated rings. The van der Waals surface area contributed by atoms with Crippen molar-refractivity contribution in [2.45, 2.75) is 6.92 Å². The summed E-state index contributed by atoms with van der Waals surface area (Å²) in [5, 5.41) is 2.40. The third-order valence-electron chi connectivity index (χ3n) is 1.88. The van der Waals surface area contributed by atoms with E-state index in [9.17, 15) is 9.18 Å². The molecule has 0 unspecified atom stereocenters. The molecule has 1 aromatic rings. The summed E-state index contributed by atoms with van der Waals surface area (Å²) in [4.78, 5) is 11.3. The topological polar surface area (TPSA) is 47.6 Å². The molecule has 0 aliphatic rings. The average Bonchev–Trinajstić information content (AvgIpc) is 2.29. The van der Waals surface area contributed by atoms with Gasteiger partial charge in [0.15, 0.2) is 0 Å². The molecule has 1 aromatic carbocycles.